The molecule has 8 nitrogen and oxygen atoms in total. The number of fused-ring (bicyclic) bond motifs is 7. The largest absolute Gasteiger partial charge is 0.416 e. The van der Waals surface area contributed by atoms with Gasteiger partial charge in [-0.2, -0.15) is 26.3 Å². The van der Waals surface area contributed by atoms with Gasteiger partial charge in [-0.15, -0.1) is 0 Å². The molecule has 238 valence electrons. The molecular formula is C31H28F6N4O4. The van der Waals surface area contributed by atoms with E-state index in [2.05, 4.69) is 0 Å². The number of urea groups is 2. The van der Waals surface area contributed by atoms with Gasteiger partial charge in [-0.05, 0) is 93.2 Å². The van der Waals surface area contributed by atoms with Crippen molar-refractivity contribution in [2.45, 2.75) is 81.5 Å². The van der Waals surface area contributed by atoms with Crippen molar-refractivity contribution < 1.29 is 45.5 Å². The lowest BCUT2D eigenvalue weighted by Crippen LogP contribution is -2.54. The summed E-state index contributed by atoms with van der Waals surface area (Å²) in [5, 5.41) is 0. The van der Waals surface area contributed by atoms with Gasteiger partial charge < -0.3 is 9.80 Å². The molecule has 0 N–H and O–H groups in total. The first-order chi connectivity index (χ1) is 21.3. The standard InChI is InChI=1S/C16H15F3N2O2.C15H13F3N2O2/c17-16(18,19)10-2-1-3-12(8-10)21-14(22)13-9-4-6-11(7-5-9)20(13)15(21)23;16-15(17,18)9-2-1-3-10(7-9)20-13(21)12-8-4-5-11(6-8)19(12)14(20)22/h1-3,8-9,11,13H,4-7H2;1-3,7-8,11-12H,4-6H2/t9?,11?,13-;8?,11?,12-/m01/s1. The van der Waals surface area contributed by atoms with Gasteiger partial charge in [0.15, 0.2) is 0 Å². The molecule has 5 aliphatic heterocycles. The number of nitrogens with zero attached hydrogens (tertiary/aromatic N) is 4. The van der Waals surface area contributed by atoms with E-state index in [1.165, 1.54) is 24.3 Å². The average molecular weight is 635 g/mol. The Hall–Kier alpha value is -4.10. The minimum Gasteiger partial charge on any atom is -0.309 e. The Morgan fingerprint density at radius 1 is 0.556 bits per heavy atom. The molecule has 6 amide bonds. The molecule has 4 atom stereocenters. The number of rotatable bonds is 2. The number of anilines is 2. The molecule has 0 radical (unpaired) electrons. The zero-order valence-corrected chi connectivity index (χ0v) is 23.7. The summed E-state index contributed by atoms with van der Waals surface area (Å²) in [6, 6.07) is 6.95. The molecule has 2 aromatic rings. The van der Waals surface area contributed by atoms with Gasteiger partial charge in [-0.25, -0.2) is 19.4 Å². The van der Waals surface area contributed by atoms with Gasteiger partial charge in [0.1, 0.15) is 12.1 Å². The average Bonchev–Trinajstić information content (AvgIpc) is 3.75. The first-order valence-electron chi connectivity index (χ1n) is 14.9. The van der Waals surface area contributed by atoms with Crippen LogP contribution in [0.5, 0.6) is 0 Å². The minimum atomic E-state index is -4.51. The first kappa shape index (κ1) is 29.6. The van der Waals surface area contributed by atoms with Crippen LogP contribution in [0.4, 0.5) is 47.3 Å². The summed E-state index contributed by atoms with van der Waals surface area (Å²) in [5.74, 6) is -0.496. The van der Waals surface area contributed by atoms with E-state index in [9.17, 15) is 45.5 Å². The van der Waals surface area contributed by atoms with Crippen molar-refractivity contribution in [2.24, 2.45) is 11.8 Å². The highest BCUT2D eigenvalue weighted by molar-refractivity contribution is 6.22. The second-order valence-electron chi connectivity index (χ2n) is 12.5. The van der Waals surface area contributed by atoms with Gasteiger partial charge in [0.25, 0.3) is 11.8 Å². The van der Waals surface area contributed by atoms with Gasteiger partial charge in [-0.1, -0.05) is 12.1 Å². The zero-order valence-electron chi connectivity index (χ0n) is 23.7. The van der Waals surface area contributed by atoms with Crippen molar-refractivity contribution in [1.29, 1.82) is 0 Å². The fourth-order valence-corrected chi connectivity index (χ4v) is 8.13. The van der Waals surface area contributed by atoms with E-state index in [0.717, 1.165) is 79.0 Å². The number of carbonyl (C=O) groups excluding carboxylic acids is 4. The summed E-state index contributed by atoms with van der Waals surface area (Å²) >= 11 is 0. The number of hydrogen-bond acceptors (Lipinski definition) is 4. The molecule has 14 heteroatoms. The Morgan fingerprint density at radius 3 is 1.42 bits per heavy atom. The van der Waals surface area contributed by atoms with E-state index in [1.807, 2.05) is 0 Å². The highest BCUT2D eigenvalue weighted by atomic mass is 19.4. The Morgan fingerprint density at radius 2 is 0.978 bits per heavy atom. The molecule has 2 saturated carbocycles. The summed E-state index contributed by atoms with van der Waals surface area (Å²) in [7, 11) is 0. The van der Waals surface area contributed by atoms with Crippen molar-refractivity contribution in [3.05, 3.63) is 59.7 Å². The van der Waals surface area contributed by atoms with Gasteiger partial charge in [-0.3, -0.25) is 9.59 Å². The Bertz CT molecular complexity index is 1530. The van der Waals surface area contributed by atoms with Crippen LogP contribution < -0.4 is 9.80 Å². The molecule has 7 fully saturated rings. The van der Waals surface area contributed by atoms with Gasteiger partial charge >= 0.3 is 24.4 Å². The van der Waals surface area contributed by atoms with Crippen LogP contribution in [-0.4, -0.2) is 57.8 Å². The summed E-state index contributed by atoms with van der Waals surface area (Å²) in [6.07, 6.45) is -2.85. The van der Waals surface area contributed by atoms with E-state index in [0.29, 0.717) is 0 Å². The minimum absolute atomic E-state index is 0.00127. The Balaban J connectivity index is 0.000000145. The maximum Gasteiger partial charge on any atom is 0.416 e. The van der Waals surface area contributed by atoms with Crippen molar-refractivity contribution in [1.82, 2.24) is 9.80 Å². The van der Waals surface area contributed by atoms with Gasteiger partial charge in [0, 0.05) is 12.1 Å². The number of piperidine rings is 3. The van der Waals surface area contributed by atoms with Crippen LogP contribution in [0.1, 0.15) is 56.1 Å². The molecule has 5 saturated heterocycles. The third-order valence-electron chi connectivity index (χ3n) is 10.1. The number of carbonyl (C=O) groups is 4. The number of benzene rings is 2. The number of imide groups is 2. The third-order valence-corrected chi connectivity index (χ3v) is 10.1. The van der Waals surface area contributed by atoms with E-state index in [1.54, 1.807) is 9.80 Å². The molecule has 5 heterocycles. The lowest BCUT2D eigenvalue weighted by atomic mass is 9.75. The van der Waals surface area contributed by atoms with E-state index in [-0.39, 0.29) is 41.2 Å². The van der Waals surface area contributed by atoms with Crippen molar-refractivity contribution >= 4 is 35.3 Å². The second kappa shape index (κ2) is 10.2. The predicted octanol–water partition coefficient (Wildman–Crippen LogP) is 6.44. The predicted molar refractivity (Wildman–Crippen MR) is 147 cm³/mol. The molecule has 0 aromatic heterocycles. The van der Waals surface area contributed by atoms with Crippen LogP contribution in [-0.2, 0) is 21.9 Å². The van der Waals surface area contributed by atoms with Crippen LogP contribution >= 0.6 is 0 Å². The maximum absolute atomic E-state index is 12.9. The molecular weight excluding hydrogens is 606 g/mol. The van der Waals surface area contributed by atoms with Crippen LogP contribution in [0, 0.1) is 11.8 Å². The van der Waals surface area contributed by atoms with Gasteiger partial charge in [0.05, 0.1) is 22.5 Å². The highest BCUT2D eigenvalue weighted by Crippen LogP contribution is 2.48. The number of halogens is 6. The summed E-state index contributed by atoms with van der Waals surface area (Å²) < 4.78 is 77.1. The van der Waals surface area contributed by atoms with Crippen molar-refractivity contribution in [3.8, 4) is 0 Å². The summed E-state index contributed by atoms with van der Waals surface area (Å²) in [4.78, 5) is 55.4. The van der Waals surface area contributed by atoms with Crippen molar-refractivity contribution in [2.75, 3.05) is 9.80 Å². The summed E-state index contributed by atoms with van der Waals surface area (Å²) in [6.45, 7) is 0. The molecule has 4 bridgehead atoms. The molecule has 2 aliphatic carbocycles. The lowest BCUT2D eigenvalue weighted by molar-refractivity contribution is -0.138. The fraction of sp³-hybridized carbons (Fsp3) is 0.484. The number of hydrogen-bond donors (Lipinski definition) is 0. The third kappa shape index (κ3) is 4.66. The fourth-order valence-electron chi connectivity index (χ4n) is 8.13. The highest BCUT2D eigenvalue weighted by Gasteiger charge is 2.59. The van der Waals surface area contributed by atoms with Crippen LogP contribution in [0.25, 0.3) is 0 Å². The van der Waals surface area contributed by atoms with Crippen LogP contribution in [0.3, 0.4) is 0 Å². The first-order valence-corrected chi connectivity index (χ1v) is 14.9. The Labute approximate surface area is 253 Å². The normalized spacial score (nSPS) is 30.3. The van der Waals surface area contributed by atoms with Crippen molar-refractivity contribution in [3.63, 3.8) is 0 Å². The topological polar surface area (TPSA) is 81.2 Å². The van der Waals surface area contributed by atoms with Crippen LogP contribution in [0.15, 0.2) is 48.5 Å². The van der Waals surface area contributed by atoms with E-state index in [4.69, 9.17) is 0 Å². The summed E-state index contributed by atoms with van der Waals surface area (Å²) in [5.41, 5.74) is -1.72. The van der Waals surface area contributed by atoms with Crippen LogP contribution in [0.2, 0.25) is 0 Å². The SMILES string of the molecule is O=C1[C@@H]2C3CCC(CC3)N2C(=O)N1c1cccc(C(F)(F)F)c1.O=C1[C@H]2C3CCC(C3)N2C(=O)N1c1cccc(C(F)(F)F)c1. The lowest BCUT2D eigenvalue weighted by Gasteiger charge is -2.45. The number of alkyl halides is 6. The van der Waals surface area contributed by atoms with Gasteiger partial charge in [0.2, 0.25) is 0 Å². The molecule has 0 spiro atoms. The maximum atomic E-state index is 12.9. The zero-order chi connectivity index (χ0) is 32.0. The van der Waals surface area contributed by atoms with E-state index >= 15 is 0 Å². The molecule has 45 heavy (non-hydrogen) atoms. The number of amides is 6. The molecule has 9 rings (SSSR count). The molecule has 2 unspecified atom stereocenters. The Kier molecular flexibility index (Phi) is 6.72. The molecule has 2 aromatic carbocycles. The van der Waals surface area contributed by atoms with E-state index < -0.39 is 53.5 Å². The second-order valence-corrected chi connectivity index (χ2v) is 12.5. The molecule has 7 aliphatic rings. The monoisotopic (exact) mass is 634 g/mol. The quantitative estimate of drug-likeness (QED) is 0.281. The smallest absolute Gasteiger partial charge is 0.309 e.